The molecule has 0 aromatic heterocycles. The van der Waals surface area contributed by atoms with Crippen molar-refractivity contribution in [3.05, 3.63) is 42.5 Å². The van der Waals surface area contributed by atoms with Crippen LogP contribution < -0.4 is 5.32 Å². The topological polar surface area (TPSA) is 15.3 Å². The van der Waals surface area contributed by atoms with Gasteiger partial charge in [0.2, 0.25) is 0 Å². The molecule has 0 amide bonds. The molecule has 1 N–H and O–H groups in total. The molecule has 0 unspecified atom stereocenters. The molecule has 0 aliphatic heterocycles. The molecule has 2 nitrogen and oxygen atoms in total. The lowest BCUT2D eigenvalue weighted by atomic mass is 10.1. The fraction of sp³-hybridized carbons (Fsp3) is 0.529. The minimum Gasteiger partial charge on any atom is -0.313 e. The van der Waals surface area contributed by atoms with Crippen molar-refractivity contribution in [2.75, 3.05) is 26.7 Å². The maximum atomic E-state index is 4.12. The van der Waals surface area contributed by atoms with Crippen molar-refractivity contribution in [2.45, 2.75) is 32.7 Å². The van der Waals surface area contributed by atoms with Crippen LogP contribution in [0.25, 0.3) is 5.57 Å². The molecule has 106 valence electrons. The molecular formula is C17H28N2. The minimum atomic E-state index is 0.644. The molecule has 0 bridgehead atoms. The van der Waals surface area contributed by atoms with E-state index in [9.17, 15) is 0 Å². The van der Waals surface area contributed by atoms with Crippen molar-refractivity contribution in [1.82, 2.24) is 10.2 Å². The van der Waals surface area contributed by atoms with Crippen molar-refractivity contribution in [3.8, 4) is 0 Å². The van der Waals surface area contributed by atoms with Gasteiger partial charge in [0.25, 0.3) is 0 Å². The highest BCUT2D eigenvalue weighted by Gasteiger charge is 2.02. The Morgan fingerprint density at radius 3 is 2.53 bits per heavy atom. The van der Waals surface area contributed by atoms with Gasteiger partial charge in [-0.2, -0.15) is 0 Å². The van der Waals surface area contributed by atoms with Crippen LogP contribution in [0.3, 0.4) is 0 Å². The lowest BCUT2D eigenvalue weighted by molar-refractivity contribution is 0.268. The number of rotatable bonds is 9. The van der Waals surface area contributed by atoms with Gasteiger partial charge in [-0.05, 0) is 58.0 Å². The molecule has 0 aliphatic carbocycles. The summed E-state index contributed by atoms with van der Waals surface area (Å²) in [6.07, 6.45) is 2.47. The van der Waals surface area contributed by atoms with Crippen LogP contribution in [0.4, 0.5) is 0 Å². The van der Waals surface area contributed by atoms with E-state index in [2.05, 4.69) is 62.0 Å². The lowest BCUT2D eigenvalue weighted by Gasteiger charge is -2.20. The molecule has 0 spiro atoms. The molecule has 0 heterocycles. The van der Waals surface area contributed by atoms with Crippen molar-refractivity contribution in [2.24, 2.45) is 0 Å². The third-order valence-electron chi connectivity index (χ3n) is 3.52. The number of unbranched alkanes of at least 4 members (excludes halogenated alkanes) is 1. The molecule has 0 fully saturated rings. The largest absolute Gasteiger partial charge is 0.313 e. The van der Waals surface area contributed by atoms with Crippen LogP contribution in [-0.2, 0) is 0 Å². The zero-order chi connectivity index (χ0) is 14.1. The van der Waals surface area contributed by atoms with E-state index >= 15 is 0 Å². The standard InChI is InChI=1S/C17H28N2/c1-15(2)19(4)13-9-8-12-18-14-16(3)17-10-6-5-7-11-17/h5-7,10-11,15,18H,3,8-9,12-14H2,1-2,4H3. The first-order valence-corrected chi connectivity index (χ1v) is 7.25. The minimum absolute atomic E-state index is 0.644. The van der Waals surface area contributed by atoms with E-state index in [0.717, 1.165) is 13.1 Å². The van der Waals surface area contributed by atoms with E-state index in [-0.39, 0.29) is 0 Å². The molecular weight excluding hydrogens is 232 g/mol. The summed E-state index contributed by atoms with van der Waals surface area (Å²) in [6, 6.07) is 11.0. The number of benzene rings is 1. The summed E-state index contributed by atoms with van der Waals surface area (Å²) in [4.78, 5) is 2.39. The van der Waals surface area contributed by atoms with Crippen LogP contribution >= 0.6 is 0 Å². The quantitative estimate of drug-likeness (QED) is 0.685. The normalized spacial score (nSPS) is 11.2. The maximum Gasteiger partial charge on any atom is 0.0205 e. The third-order valence-corrected chi connectivity index (χ3v) is 3.52. The second-order valence-corrected chi connectivity index (χ2v) is 5.43. The Morgan fingerprint density at radius 2 is 1.89 bits per heavy atom. The van der Waals surface area contributed by atoms with Crippen molar-refractivity contribution >= 4 is 5.57 Å². The highest BCUT2D eigenvalue weighted by atomic mass is 15.1. The van der Waals surface area contributed by atoms with Gasteiger partial charge >= 0.3 is 0 Å². The highest BCUT2D eigenvalue weighted by molar-refractivity contribution is 5.64. The van der Waals surface area contributed by atoms with Crippen molar-refractivity contribution in [3.63, 3.8) is 0 Å². The lowest BCUT2D eigenvalue weighted by Crippen LogP contribution is -2.28. The van der Waals surface area contributed by atoms with Crippen LogP contribution in [0.15, 0.2) is 36.9 Å². The summed E-state index contributed by atoms with van der Waals surface area (Å²) in [5, 5.41) is 3.47. The van der Waals surface area contributed by atoms with Crippen LogP contribution in [-0.4, -0.2) is 37.6 Å². The summed E-state index contributed by atoms with van der Waals surface area (Å²) in [5.74, 6) is 0. The Balaban J connectivity index is 2.07. The van der Waals surface area contributed by atoms with Crippen LogP contribution in [0.1, 0.15) is 32.3 Å². The van der Waals surface area contributed by atoms with Gasteiger partial charge in [-0.3, -0.25) is 0 Å². The Bertz CT molecular complexity index is 357. The predicted octanol–water partition coefficient (Wildman–Crippen LogP) is 3.41. The Hall–Kier alpha value is -1.12. The van der Waals surface area contributed by atoms with Gasteiger partial charge in [0.15, 0.2) is 0 Å². The smallest absolute Gasteiger partial charge is 0.0205 e. The number of hydrogen-bond acceptors (Lipinski definition) is 2. The molecule has 0 atom stereocenters. The van der Waals surface area contributed by atoms with E-state index in [1.54, 1.807) is 0 Å². The Kier molecular flexibility index (Phi) is 7.46. The zero-order valence-electron chi connectivity index (χ0n) is 12.7. The van der Waals surface area contributed by atoms with Crippen LogP contribution in [0, 0.1) is 0 Å². The highest BCUT2D eigenvalue weighted by Crippen LogP contribution is 2.09. The first-order valence-electron chi connectivity index (χ1n) is 7.25. The van der Waals surface area contributed by atoms with Gasteiger partial charge in [0, 0.05) is 12.6 Å². The van der Waals surface area contributed by atoms with Gasteiger partial charge < -0.3 is 10.2 Å². The van der Waals surface area contributed by atoms with E-state index < -0.39 is 0 Å². The SMILES string of the molecule is C=C(CNCCCCN(C)C(C)C)c1ccccc1. The second kappa shape index (κ2) is 8.89. The van der Waals surface area contributed by atoms with Crippen LogP contribution in [0.5, 0.6) is 0 Å². The fourth-order valence-electron chi connectivity index (χ4n) is 1.88. The second-order valence-electron chi connectivity index (χ2n) is 5.43. The van der Waals surface area contributed by atoms with Crippen molar-refractivity contribution < 1.29 is 0 Å². The molecule has 0 aliphatic rings. The summed E-state index contributed by atoms with van der Waals surface area (Å²) in [7, 11) is 2.19. The summed E-state index contributed by atoms with van der Waals surface area (Å²) in [6.45, 7) is 11.7. The zero-order valence-corrected chi connectivity index (χ0v) is 12.7. The molecule has 1 rings (SSSR count). The maximum absolute atomic E-state index is 4.12. The van der Waals surface area contributed by atoms with Gasteiger partial charge in [-0.1, -0.05) is 36.9 Å². The summed E-state index contributed by atoms with van der Waals surface area (Å²) < 4.78 is 0. The van der Waals surface area contributed by atoms with Gasteiger partial charge in [-0.25, -0.2) is 0 Å². The van der Waals surface area contributed by atoms with Gasteiger partial charge in [0.1, 0.15) is 0 Å². The van der Waals surface area contributed by atoms with Crippen LogP contribution in [0.2, 0.25) is 0 Å². The molecule has 1 aromatic carbocycles. The third kappa shape index (κ3) is 6.55. The monoisotopic (exact) mass is 260 g/mol. The first-order chi connectivity index (χ1) is 9.11. The van der Waals surface area contributed by atoms with Gasteiger partial charge in [-0.15, -0.1) is 0 Å². The molecule has 2 heteroatoms. The number of nitrogens with zero attached hydrogens (tertiary/aromatic N) is 1. The van der Waals surface area contributed by atoms with E-state index in [1.807, 2.05) is 6.07 Å². The average Bonchev–Trinajstić information content (AvgIpc) is 2.42. The van der Waals surface area contributed by atoms with E-state index in [1.165, 1.54) is 30.5 Å². The number of nitrogens with one attached hydrogen (secondary N) is 1. The molecule has 0 saturated carbocycles. The fourth-order valence-corrected chi connectivity index (χ4v) is 1.88. The predicted molar refractivity (Wildman–Crippen MR) is 85.3 cm³/mol. The van der Waals surface area contributed by atoms with E-state index in [0.29, 0.717) is 6.04 Å². The Morgan fingerprint density at radius 1 is 1.21 bits per heavy atom. The molecule has 19 heavy (non-hydrogen) atoms. The number of hydrogen-bond donors (Lipinski definition) is 1. The Labute approximate surface area is 118 Å². The summed E-state index contributed by atoms with van der Waals surface area (Å²) in [5.41, 5.74) is 2.40. The molecule has 1 aromatic rings. The average molecular weight is 260 g/mol. The molecule has 0 saturated heterocycles. The van der Waals surface area contributed by atoms with Crippen molar-refractivity contribution in [1.29, 1.82) is 0 Å². The summed E-state index contributed by atoms with van der Waals surface area (Å²) >= 11 is 0. The first kappa shape index (κ1) is 15.9. The molecule has 0 radical (unpaired) electrons. The van der Waals surface area contributed by atoms with E-state index in [4.69, 9.17) is 0 Å². The van der Waals surface area contributed by atoms with Gasteiger partial charge in [0.05, 0.1) is 0 Å².